The third kappa shape index (κ3) is 3.30. The summed E-state index contributed by atoms with van der Waals surface area (Å²) in [4.78, 5) is 23.5. The first-order chi connectivity index (χ1) is 9.53. The molecule has 1 aliphatic carbocycles. The SMILES string of the molecule is CC(NC(=O)NC1(C(=O)O)CCCCC1)c1ccsc1. The van der Waals surface area contributed by atoms with E-state index in [2.05, 4.69) is 10.6 Å². The van der Waals surface area contributed by atoms with Crippen molar-refractivity contribution < 1.29 is 14.7 Å². The smallest absolute Gasteiger partial charge is 0.329 e. The minimum atomic E-state index is -1.10. The van der Waals surface area contributed by atoms with Crippen LogP contribution in [-0.2, 0) is 4.79 Å². The minimum absolute atomic E-state index is 0.129. The van der Waals surface area contributed by atoms with E-state index >= 15 is 0 Å². The van der Waals surface area contributed by atoms with E-state index in [0.29, 0.717) is 12.8 Å². The molecule has 20 heavy (non-hydrogen) atoms. The molecule has 0 spiro atoms. The number of hydrogen-bond acceptors (Lipinski definition) is 3. The van der Waals surface area contributed by atoms with Crippen molar-refractivity contribution in [3.8, 4) is 0 Å². The molecule has 1 aromatic rings. The molecule has 6 heteroatoms. The molecule has 5 nitrogen and oxygen atoms in total. The molecule has 1 aromatic heterocycles. The summed E-state index contributed by atoms with van der Waals surface area (Å²) in [5, 5.41) is 18.8. The highest BCUT2D eigenvalue weighted by Crippen LogP contribution is 2.28. The van der Waals surface area contributed by atoms with Gasteiger partial charge >= 0.3 is 12.0 Å². The summed E-state index contributed by atoms with van der Waals surface area (Å²) in [7, 11) is 0. The van der Waals surface area contributed by atoms with Crippen LogP contribution in [0, 0.1) is 0 Å². The molecular weight excluding hydrogens is 276 g/mol. The number of urea groups is 1. The fourth-order valence-electron chi connectivity index (χ4n) is 2.60. The number of hydrogen-bond donors (Lipinski definition) is 3. The van der Waals surface area contributed by atoms with Crippen molar-refractivity contribution in [3.05, 3.63) is 22.4 Å². The van der Waals surface area contributed by atoms with Crippen LogP contribution in [0.4, 0.5) is 4.79 Å². The van der Waals surface area contributed by atoms with Gasteiger partial charge in [-0.15, -0.1) is 0 Å². The Bertz CT molecular complexity index is 467. The van der Waals surface area contributed by atoms with Gasteiger partial charge in [-0.2, -0.15) is 11.3 Å². The van der Waals surface area contributed by atoms with Crippen LogP contribution in [0.2, 0.25) is 0 Å². The van der Waals surface area contributed by atoms with Crippen LogP contribution in [0.25, 0.3) is 0 Å². The molecule has 2 rings (SSSR count). The Labute approximate surface area is 122 Å². The van der Waals surface area contributed by atoms with E-state index in [1.165, 1.54) is 0 Å². The van der Waals surface area contributed by atoms with Gasteiger partial charge in [0.15, 0.2) is 0 Å². The molecular formula is C14H20N2O3S. The highest BCUT2D eigenvalue weighted by molar-refractivity contribution is 7.07. The van der Waals surface area contributed by atoms with Crippen LogP contribution in [0.3, 0.4) is 0 Å². The second kappa shape index (κ2) is 6.26. The Morgan fingerprint density at radius 1 is 1.35 bits per heavy atom. The van der Waals surface area contributed by atoms with E-state index in [1.54, 1.807) is 11.3 Å². The van der Waals surface area contributed by atoms with Gasteiger partial charge in [-0.1, -0.05) is 19.3 Å². The number of carboxylic acids is 1. The highest BCUT2D eigenvalue weighted by atomic mass is 32.1. The monoisotopic (exact) mass is 296 g/mol. The fourth-order valence-corrected chi connectivity index (χ4v) is 3.36. The molecule has 0 radical (unpaired) electrons. The Kier molecular flexibility index (Phi) is 4.65. The van der Waals surface area contributed by atoms with Gasteiger partial charge in [-0.05, 0) is 42.2 Å². The van der Waals surface area contributed by atoms with E-state index in [9.17, 15) is 14.7 Å². The van der Waals surface area contributed by atoms with Crippen LogP contribution in [0.5, 0.6) is 0 Å². The number of amides is 2. The standard InChI is InChI=1S/C14H20N2O3S/c1-10(11-5-8-20-9-11)15-13(19)16-14(12(17)18)6-3-2-4-7-14/h5,8-10H,2-4,6-7H2,1H3,(H,17,18)(H2,15,16,19). The van der Waals surface area contributed by atoms with Crippen LogP contribution >= 0.6 is 11.3 Å². The van der Waals surface area contributed by atoms with Gasteiger partial charge in [-0.25, -0.2) is 9.59 Å². The lowest BCUT2D eigenvalue weighted by Crippen LogP contribution is -2.58. The van der Waals surface area contributed by atoms with Crippen molar-refractivity contribution >= 4 is 23.3 Å². The molecule has 1 atom stereocenters. The number of carboxylic acid groups (broad SMARTS) is 1. The molecule has 0 aliphatic heterocycles. The molecule has 0 bridgehead atoms. The Hall–Kier alpha value is -1.56. The summed E-state index contributed by atoms with van der Waals surface area (Å²) in [6.45, 7) is 1.88. The minimum Gasteiger partial charge on any atom is -0.480 e. The third-order valence-corrected chi connectivity index (χ3v) is 4.56. The van der Waals surface area contributed by atoms with Gasteiger partial charge in [0.05, 0.1) is 6.04 Å². The van der Waals surface area contributed by atoms with E-state index in [1.807, 2.05) is 23.8 Å². The van der Waals surface area contributed by atoms with Gasteiger partial charge in [0.25, 0.3) is 0 Å². The normalized spacial score (nSPS) is 19.1. The topological polar surface area (TPSA) is 78.4 Å². The first kappa shape index (κ1) is 14.8. The predicted octanol–water partition coefficient (Wildman–Crippen LogP) is 2.90. The van der Waals surface area contributed by atoms with Crippen LogP contribution < -0.4 is 10.6 Å². The number of nitrogens with one attached hydrogen (secondary N) is 2. The highest BCUT2D eigenvalue weighted by Gasteiger charge is 2.41. The number of thiophene rings is 1. The van der Waals surface area contributed by atoms with Gasteiger partial charge in [0.2, 0.25) is 0 Å². The molecule has 1 unspecified atom stereocenters. The molecule has 110 valence electrons. The molecule has 1 saturated carbocycles. The molecule has 0 aromatic carbocycles. The molecule has 1 heterocycles. The lowest BCUT2D eigenvalue weighted by atomic mass is 9.82. The number of aliphatic carboxylic acids is 1. The van der Waals surface area contributed by atoms with E-state index in [0.717, 1.165) is 24.8 Å². The molecule has 0 saturated heterocycles. The average molecular weight is 296 g/mol. The van der Waals surface area contributed by atoms with Crippen molar-refractivity contribution in [2.75, 3.05) is 0 Å². The second-order valence-electron chi connectivity index (χ2n) is 5.32. The summed E-state index contributed by atoms with van der Waals surface area (Å²) >= 11 is 1.57. The first-order valence-corrected chi connectivity index (χ1v) is 7.82. The number of rotatable bonds is 4. The second-order valence-corrected chi connectivity index (χ2v) is 6.10. The van der Waals surface area contributed by atoms with Crippen LogP contribution in [-0.4, -0.2) is 22.6 Å². The van der Waals surface area contributed by atoms with Gasteiger partial charge in [-0.3, -0.25) is 0 Å². The number of carbonyl (C=O) groups excluding carboxylic acids is 1. The van der Waals surface area contributed by atoms with Crippen molar-refractivity contribution in [1.29, 1.82) is 0 Å². The van der Waals surface area contributed by atoms with E-state index in [-0.39, 0.29) is 6.04 Å². The van der Waals surface area contributed by atoms with E-state index in [4.69, 9.17) is 0 Å². The third-order valence-electron chi connectivity index (χ3n) is 3.86. The summed E-state index contributed by atoms with van der Waals surface area (Å²) in [5.74, 6) is -0.935. The Morgan fingerprint density at radius 3 is 2.60 bits per heavy atom. The van der Waals surface area contributed by atoms with Crippen LogP contribution in [0.15, 0.2) is 16.8 Å². The van der Waals surface area contributed by atoms with Crippen molar-refractivity contribution in [1.82, 2.24) is 10.6 Å². The van der Waals surface area contributed by atoms with Crippen molar-refractivity contribution in [2.45, 2.75) is 50.6 Å². The zero-order valence-corrected chi connectivity index (χ0v) is 12.3. The van der Waals surface area contributed by atoms with Crippen molar-refractivity contribution in [3.63, 3.8) is 0 Å². The fraction of sp³-hybridized carbons (Fsp3) is 0.571. The summed E-state index contributed by atoms with van der Waals surface area (Å²) in [6.07, 6.45) is 3.72. The molecule has 1 fully saturated rings. The van der Waals surface area contributed by atoms with E-state index < -0.39 is 17.5 Å². The summed E-state index contributed by atoms with van der Waals surface area (Å²) < 4.78 is 0. The quantitative estimate of drug-likeness (QED) is 0.799. The Balaban J connectivity index is 1.97. The maximum Gasteiger partial charge on any atom is 0.329 e. The van der Waals surface area contributed by atoms with Gasteiger partial charge in [0.1, 0.15) is 5.54 Å². The average Bonchev–Trinajstić information content (AvgIpc) is 2.93. The zero-order valence-electron chi connectivity index (χ0n) is 11.5. The maximum atomic E-state index is 12.0. The first-order valence-electron chi connectivity index (χ1n) is 6.88. The molecule has 1 aliphatic rings. The lowest BCUT2D eigenvalue weighted by Gasteiger charge is -2.34. The molecule has 3 N–H and O–H groups in total. The van der Waals surface area contributed by atoms with Crippen molar-refractivity contribution in [2.24, 2.45) is 0 Å². The zero-order chi connectivity index (χ0) is 14.6. The Morgan fingerprint density at radius 2 is 2.05 bits per heavy atom. The lowest BCUT2D eigenvalue weighted by molar-refractivity contribution is -0.145. The van der Waals surface area contributed by atoms with Gasteiger partial charge < -0.3 is 15.7 Å². The van der Waals surface area contributed by atoms with Gasteiger partial charge in [0, 0.05) is 0 Å². The largest absolute Gasteiger partial charge is 0.480 e. The summed E-state index contributed by atoms with van der Waals surface area (Å²) in [5.41, 5.74) is -0.0744. The maximum absolute atomic E-state index is 12.0. The molecule has 2 amide bonds. The number of carbonyl (C=O) groups is 2. The predicted molar refractivity (Wildman–Crippen MR) is 77.9 cm³/mol. The summed E-state index contributed by atoms with van der Waals surface area (Å²) in [6, 6.07) is 1.41. The van der Waals surface area contributed by atoms with Crippen LogP contribution in [0.1, 0.15) is 50.6 Å².